The second-order valence-corrected chi connectivity index (χ2v) is 4.21. The minimum atomic E-state index is -1.35. The molecule has 0 amide bonds. The fraction of sp³-hybridized carbons (Fsp3) is 0.333. The number of benzene rings is 1. The van der Waals surface area contributed by atoms with Crippen LogP contribution >= 0.6 is 0 Å². The fourth-order valence-electron chi connectivity index (χ4n) is 1.45. The number of aromatic carboxylic acids is 1. The number of phenolic OH excluding ortho intramolecular Hbond substituents is 1. The zero-order valence-corrected chi connectivity index (χ0v) is 9.60. The summed E-state index contributed by atoms with van der Waals surface area (Å²) in [6, 6.07) is 1.87. The van der Waals surface area contributed by atoms with Crippen LogP contribution in [0.3, 0.4) is 0 Å². The molecule has 0 saturated heterocycles. The molecule has 92 valence electrons. The number of carbonyl (C=O) groups excluding carboxylic acids is 1. The summed E-state index contributed by atoms with van der Waals surface area (Å²) in [5.74, 6) is -2.56. The number of carbonyl (C=O) groups is 2. The van der Waals surface area contributed by atoms with E-state index in [1.54, 1.807) is 0 Å². The van der Waals surface area contributed by atoms with Crippen LogP contribution in [0, 0.1) is 5.92 Å². The highest BCUT2D eigenvalue weighted by molar-refractivity contribution is 6.02. The normalized spacial score (nSPS) is 10.5. The first kappa shape index (κ1) is 13.0. The fourth-order valence-corrected chi connectivity index (χ4v) is 1.45. The zero-order valence-electron chi connectivity index (χ0n) is 9.60. The molecule has 0 aliphatic carbocycles. The van der Waals surface area contributed by atoms with Gasteiger partial charge >= 0.3 is 5.97 Å². The van der Waals surface area contributed by atoms with Crippen molar-refractivity contribution >= 4 is 11.8 Å². The lowest BCUT2D eigenvalue weighted by Crippen LogP contribution is -2.06. The van der Waals surface area contributed by atoms with Crippen LogP contribution in [-0.2, 0) is 0 Å². The Bertz CT molecular complexity index is 462. The minimum absolute atomic E-state index is 0.0751. The molecule has 3 N–H and O–H groups in total. The van der Waals surface area contributed by atoms with Gasteiger partial charge in [-0.05, 0) is 12.0 Å². The number of hydrogen-bond donors (Lipinski definition) is 3. The van der Waals surface area contributed by atoms with E-state index in [9.17, 15) is 19.8 Å². The summed E-state index contributed by atoms with van der Waals surface area (Å²) in [6.07, 6.45) is 0.206. The van der Waals surface area contributed by atoms with Crippen molar-refractivity contribution < 1.29 is 24.9 Å². The van der Waals surface area contributed by atoms with Gasteiger partial charge in [-0.3, -0.25) is 4.79 Å². The third-order valence-corrected chi connectivity index (χ3v) is 2.24. The molecule has 0 unspecified atom stereocenters. The van der Waals surface area contributed by atoms with Gasteiger partial charge in [0.05, 0.1) is 5.56 Å². The number of carboxylic acid groups (broad SMARTS) is 1. The molecule has 0 radical (unpaired) electrons. The van der Waals surface area contributed by atoms with Crippen LogP contribution < -0.4 is 0 Å². The first-order valence-corrected chi connectivity index (χ1v) is 5.15. The number of Topliss-reactive ketones (excluding diaryl/α,β-unsaturated/α-hetero) is 1. The van der Waals surface area contributed by atoms with Gasteiger partial charge in [0, 0.05) is 12.5 Å². The monoisotopic (exact) mass is 238 g/mol. The van der Waals surface area contributed by atoms with Crippen molar-refractivity contribution in [2.45, 2.75) is 20.3 Å². The van der Waals surface area contributed by atoms with E-state index in [0.717, 1.165) is 12.1 Å². The van der Waals surface area contributed by atoms with Gasteiger partial charge in [0.25, 0.3) is 0 Å². The van der Waals surface area contributed by atoms with E-state index < -0.39 is 23.0 Å². The van der Waals surface area contributed by atoms with Crippen LogP contribution in [0.25, 0.3) is 0 Å². The number of carboxylic acids is 1. The summed E-state index contributed by atoms with van der Waals surface area (Å²) < 4.78 is 0. The van der Waals surface area contributed by atoms with Gasteiger partial charge in [-0.25, -0.2) is 4.79 Å². The van der Waals surface area contributed by atoms with Crippen LogP contribution in [0.2, 0.25) is 0 Å². The van der Waals surface area contributed by atoms with Crippen molar-refractivity contribution in [3.63, 3.8) is 0 Å². The second kappa shape index (κ2) is 4.86. The maximum Gasteiger partial charge on any atom is 0.339 e. The Labute approximate surface area is 98.3 Å². The first-order valence-electron chi connectivity index (χ1n) is 5.15. The summed E-state index contributed by atoms with van der Waals surface area (Å²) >= 11 is 0. The molecule has 5 heteroatoms. The topological polar surface area (TPSA) is 94.8 Å². The lowest BCUT2D eigenvalue weighted by molar-refractivity contribution is 0.0693. The maximum absolute atomic E-state index is 11.7. The van der Waals surface area contributed by atoms with Gasteiger partial charge in [-0.2, -0.15) is 0 Å². The summed E-state index contributed by atoms with van der Waals surface area (Å²) in [5, 5.41) is 27.6. The SMILES string of the molecule is CC(C)CC(=O)c1cc(C(=O)O)c(O)cc1O. The van der Waals surface area contributed by atoms with Crippen molar-refractivity contribution in [1.82, 2.24) is 0 Å². The smallest absolute Gasteiger partial charge is 0.339 e. The van der Waals surface area contributed by atoms with E-state index in [2.05, 4.69) is 0 Å². The molecule has 1 rings (SSSR count). The lowest BCUT2D eigenvalue weighted by atomic mass is 9.98. The molecule has 0 aliphatic rings. The third kappa shape index (κ3) is 2.96. The summed E-state index contributed by atoms with van der Waals surface area (Å²) in [4.78, 5) is 22.5. The standard InChI is InChI=1S/C12H14O5/c1-6(2)3-9(13)7-4-8(12(16)17)11(15)5-10(7)14/h4-6,14-15H,3H2,1-2H3,(H,16,17). The average Bonchev–Trinajstić information content (AvgIpc) is 2.15. The van der Waals surface area contributed by atoms with E-state index in [1.165, 1.54) is 0 Å². The van der Waals surface area contributed by atoms with Gasteiger partial charge < -0.3 is 15.3 Å². The van der Waals surface area contributed by atoms with E-state index in [1.807, 2.05) is 13.8 Å². The van der Waals surface area contributed by atoms with Crippen LogP contribution in [-0.4, -0.2) is 27.1 Å². The number of phenols is 2. The highest BCUT2D eigenvalue weighted by Gasteiger charge is 2.19. The van der Waals surface area contributed by atoms with Crippen molar-refractivity contribution in [3.05, 3.63) is 23.3 Å². The molecule has 5 nitrogen and oxygen atoms in total. The first-order chi connectivity index (χ1) is 7.82. The Morgan fingerprint density at radius 2 is 1.65 bits per heavy atom. The molecule has 0 atom stereocenters. The van der Waals surface area contributed by atoms with Crippen molar-refractivity contribution in [1.29, 1.82) is 0 Å². The molecule has 0 aromatic heterocycles. The molecule has 1 aromatic carbocycles. The highest BCUT2D eigenvalue weighted by Crippen LogP contribution is 2.28. The number of hydrogen-bond acceptors (Lipinski definition) is 4. The molecule has 0 aliphatic heterocycles. The number of aromatic hydroxyl groups is 2. The molecule has 17 heavy (non-hydrogen) atoms. The van der Waals surface area contributed by atoms with E-state index in [-0.39, 0.29) is 23.7 Å². The summed E-state index contributed by atoms with van der Waals surface area (Å²) in [5.41, 5.74) is -0.469. The predicted octanol–water partition coefficient (Wildman–Crippen LogP) is 2.02. The minimum Gasteiger partial charge on any atom is -0.507 e. The number of ketones is 1. The van der Waals surface area contributed by atoms with Gasteiger partial charge in [-0.15, -0.1) is 0 Å². The van der Waals surface area contributed by atoms with Crippen molar-refractivity contribution in [2.75, 3.05) is 0 Å². The Hall–Kier alpha value is -2.04. The van der Waals surface area contributed by atoms with Crippen LogP contribution in [0.5, 0.6) is 11.5 Å². The Morgan fingerprint density at radius 1 is 1.12 bits per heavy atom. The number of rotatable bonds is 4. The van der Waals surface area contributed by atoms with Gasteiger partial charge in [0.2, 0.25) is 0 Å². The van der Waals surface area contributed by atoms with E-state index in [0.29, 0.717) is 0 Å². The van der Waals surface area contributed by atoms with E-state index in [4.69, 9.17) is 5.11 Å². The maximum atomic E-state index is 11.7. The van der Waals surface area contributed by atoms with Gasteiger partial charge in [-0.1, -0.05) is 13.8 Å². The molecule has 1 aromatic rings. The molecule has 0 heterocycles. The molecule has 0 fully saturated rings. The molecule has 0 saturated carbocycles. The molecular formula is C12H14O5. The van der Waals surface area contributed by atoms with Crippen LogP contribution in [0.15, 0.2) is 12.1 Å². The lowest BCUT2D eigenvalue weighted by Gasteiger charge is -2.08. The zero-order chi connectivity index (χ0) is 13.2. The summed E-state index contributed by atoms with van der Waals surface area (Å²) in [7, 11) is 0. The molecular weight excluding hydrogens is 224 g/mol. The van der Waals surface area contributed by atoms with Gasteiger partial charge in [0.15, 0.2) is 5.78 Å². The van der Waals surface area contributed by atoms with Gasteiger partial charge in [0.1, 0.15) is 17.1 Å². The Kier molecular flexibility index (Phi) is 3.73. The molecule has 0 bridgehead atoms. The Balaban J connectivity index is 3.20. The third-order valence-electron chi connectivity index (χ3n) is 2.24. The second-order valence-electron chi connectivity index (χ2n) is 4.21. The highest BCUT2D eigenvalue weighted by atomic mass is 16.4. The van der Waals surface area contributed by atoms with Crippen molar-refractivity contribution in [2.24, 2.45) is 5.92 Å². The van der Waals surface area contributed by atoms with Crippen LogP contribution in [0.4, 0.5) is 0 Å². The quantitative estimate of drug-likeness (QED) is 0.697. The largest absolute Gasteiger partial charge is 0.507 e. The van der Waals surface area contributed by atoms with Crippen molar-refractivity contribution in [3.8, 4) is 11.5 Å². The van der Waals surface area contributed by atoms with Crippen LogP contribution in [0.1, 0.15) is 41.0 Å². The Morgan fingerprint density at radius 3 is 2.12 bits per heavy atom. The molecule has 0 spiro atoms. The van der Waals surface area contributed by atoms with E-state index >= 15 is 0 Å². The summed E-state index contributed by atoms with van der Waals surface area (Å²) in [6.45, 7) is 3.68. The average molecular weight is 238 g/mol. The predicted molar refractivity (Wildman–Crippen MR) is 60.5 cm³/mol.